The van der Waals surface area contributed by atoms with Gasteiger partial charge in [-0.2, -0.15) is 5.26 Å². The van der Waals surface area contributed by atoms with Gasteiger partial charge in [-0.25, -0.2) is 9.18 Å². The maximum absolute atomic E-state index is 13.8. The van der Waals surface area contributed by atoms with Gasteiger partial charge in [0, 0.05) is 18.7 Å². The zero-order chi connectivity index (χ0) is 15.6. The minimum atomic E-state index is -1.58. The topological polar surface area (TPSA) is 117 Å². The van der Waals surface area contributed by atoms with Crippen molar-refractivity contribution in [3.63, 3.8) is 0 Å². The quantitative estimate of drug-likeness (QED) is 0.656. The summed E-state index contributed by atoms with van der Waals surface area (Å²) in [5.41, 5.74) is -1.35. The van der Waals surface area contributed by atoms with Crippen molar-refractivity contribution in [1.29, 1.82) is 5.26 Å². The van der Waals surface area contributed by atoms with E-state index in [2.05, 4.69) is 0 Å². The van der Waals surface area contributed by atoms with Crippen molar-refractivity contribution in [3.05, 3.63) is 33.6 Å². The van der Waals surface area contributed by atoms with Crippen LogP contribution in [-0.4, -0.2) is 41.8 Å². The number of benzene rings is 1. The monoisotopic (exact) mass is 295 g/mol. The maximum Gasteiger partial charge on any atom is 0.338 e. The molecule has 0 spiro atoms. The zero-order valence-electron chi connectivity index (χ0n) is 10.7. The van der Waals surface area contributed by atoms with E-state index >= 15 is 0 Å². The molecule has 1 unspecified atom stereocenters. The van der Waals surface area contributed by atoms with Crippen LogP contribution in [0.2, 0.25) is 0 Å². The maximum atomic E-state index is 13.8. The average Bonchev–Trinajstić information content (AvgIpc) is 2.46. The fraction of sp³-hybridized carbons (Fsp3) is 0.333. The summed E-state index contributed by atoms with van der Waals surface area (Å²) in [6.07, 6.45) is -0.777. The average molecular weight is 295 g/mol. The number of carboxylic acid groups (broad SMARTS) is 1. The van der Waals surface area contributed by atoms with E-state index in [0.29, 0.717) is 6.07 Å². The van der Waals surface area contributed by atoms with Gasteiger partial charge < -0.3 is 14.7 Å². The van der Waals surface area contributed by atoms with E-state index in [1.54, 1.807) is 0 Å². The highest BCUT2D eigenvalue weighted by Crippen LogP contribution is 2.32. The molecule has 1 aliphatic heterocycles. The summed E-state index contributed by atoms with van der Waals surface area (Å²) < 4.78 is 18.9. The Morgan fingerprint density at radius 1 is 1.62 bits per heavy atom. The molecule has 0 saturated carbocycles. The van der Waals surface area contributed by atoms with E-state index < -0.39 is 34.1 Å². The van der Waals surface area contributed by atoms with Crippen LogP contribution in [0.25, 0.3) is 0 Å². The van der Waals surface area contributed by atoms with Gasteiger partial charge in [0.2, 0.25) is 0 Å². The minimum Gasteiger partial charge on any atom is -0.478 e. The molecule has 9 heteroatoms. The molecule has 1 saturated heterocycles. The first-order valence-corrected chi connectivity index (χ1v) is 5.91. The third kappa shape index (κ3) is 2.90. The number of nitro groups is 1. The lowest BCUT2D eigenvalue weighted by atomic mass is 10.1. The van der Waals surface area contributed by atoms with E-state index in [1.165, 1.54) is 4.90 Å². The Bertz CT molecular complexity index is 643. The Morgan fingerprint density at radius 2 is 2.33 bits per heavy atom. The lowest BCUT2D eigenvalue weighted by Crippen LogP contribution is -2.42. The highest BCUT2D eigenvalue weighted by atomic mass is 19.1. The van der Waals surface area contributed by atoms with Crippen molar-refractivity contribution in [2.24, 2.45) is 0 Å². The van der Waals surface area contributed by atoms with Gasteiger partial charge in [-0.1, -0.05) is 0 Å². The molecule has 1 heterocycles. The van der Waals surface area contributed by atoms with Crippen molar-refractivity contribution in [1.82, 2.24) is 0 Å². The molecule has 110 valence electrons. The molecule has 1 aliphatic rings. The summed E-state index contributed by atoms with van der Waals surface area (Å²) in [7, 11) is 0. The second kappa shape index (κ2) is 5.72. The molecule has 1 fully saturated rings. The van der Waals surface area contributed by atoms with E-state index in [1.807, 2.05) is 6.07 Å². The first kappa shape index (κ1) is 14.7. The lowest BCUT2D eigenvalue weighted by molar-refractivity contribution is -0.384. The Hall–Kier alpha value is -2.73. The second-order valence-electron chi connectivity index (χ2n) is 4.32. The molecule has 1 aromatic rings. The molecule has 1 atom stereocenters. The highest BCUT2D eigenvalue weighted by molar-refractivity contribution is 5.90. The number of nitrogens with zero attached hydrogens (tertiary/aromatic N) is 3. The van der Waals surface area contributed by atoms with Crippen LogP contribution in [0, 0.1) is 27.3 Å². The van der Waals surface area contributed by atoms with E-state index in [-0.39, 0.29) is 25.4 Å². The number of carbonyl (C=O) groups is 1. The van der Waals surface area contributed by atoms with Gasteiger partial charge in [-0.05, 0) is 0 Å². The largest absolute Gasteiger partial charge is 0.478 e. The molecular weight excluding hydrogens is 285 g/mol. The van der Waals surface area contributed by atoms with Crippen molar-refractivity contribution in [2.45, 2.75) is 6.10 Å². The molecule has 1 aromatic carbocycles. The van der Waals surface area contributed by atoms with Crippen LogP contribution in [0.5, 0.6) is 0 Å². The van der Waals surface area contributed by atoms with Crippen LogP contribution in [0.4, 0.5) is 15.8 Å². The van der Waals surface area contributed by atoms with E-state index in [9.17, 15) is 19.3 Å². The second-order valence-corrected chi connectivity index (χ2v) is 4.32. The molecule has 0 amide bonds. The fourth-order valence-corrected chi connectivity index (χ4v) is 2.06. The van der Waals surface area contributed by atoms with Crippen LogP contribution >= 0.6 is 0 Å². The predicted molar refractivity (Wildman–Crippen MR) is 67.6 cm³/mol. The first-order valence-electron chi connectivity index (χ1n) is 5.91. The molecule has 0 bridgehead atoms. The Balaban J connectivity index is 2.47. The predicted octanol–water partition coefficient (Wildman–Crippen LogP) is 1.16. The van der Waals surface area contributed by atoms with Crippen molar-refractivity contribution >= 4 is 17.3 Å². The number of hydrogen-bond acceptors (Lipinski definition) is 6. The summed E-state index contributed by atoms with van der Waals surface area (Å²) in [6, 6.07) is 3.37. The van der Waals surface area contributed by atoms with Gasteiger partial charge in [0.1, 0.15) is 17.1 Å². The number of nitriles is 1. The summed E-state index contributed by atoms with van der Waals surface area (Å²) in [6.45, 7) is 0.450. The lowest BCUT2D eigenvalue weighted by Gasteiger charge is -2.31. The van der Waals surface area contributed by atoms with E-state index in [0.717, 1.165) is 6.07 Å². The molecule has 1 N–H and O–H groups in total. The van der Waals surface area contributed by atoms with Gasteiger partial charge in [-0.15, -0.1) is 0 Å². The summed E-state index contributed by atoms with van der Waals surface area (Å²) >= 11 is 0. The molecule has 0 aromatic heterocycles. The third-order valence-corrected chi connectivity index (χ3v) is 3.04. The Morgan fingerprint density at radius 3 is 2.90 bits per heavy atom. The number of nitro benzene ring substituents is 1. The first-order chi connectivity index (χ1) is 9.93. The van der Waals surface area contributed by atoms with Crippen LogP contribution in [-0.2, 0) is 4.74 Å². The number of hydrogen-bond donors (Lipinski definition) is 1. The van der Waals surface area contributed by atoms with Crippen LogP contribution in [0.3, 0.4) is 0 Å². The number of morpholine rings is 1. The number of anilines is 1. The van der Waals surface area contributed by atoms with Crippen molar-refractivity contribution in [2.75, 3.05) is 24.6 Å². The van der Waals surface area contributed by atoms with Crippen molar-refractivity contribution in [3.8, 4) is 6.07 Å². The summed E-state index contributed by atoms with van der Waals surface area (Å²) in [4.78, 5) is 22.6. The number of halogens is 1. The molecule has 2 rings (SSSR count). The third-order valence-electron chi connectivity index (χ3n) is 3.04. The minimum absolute atomic E-state index is 0.0448. The van der Waals surface area contributed by atoms with Crippen LogP contribution in [0.15, 0.2) is 12.1 Å². The number of carboxylic acids is 1. The van der Waals surface area contributed by atoms with Gasteiger partial charge in [0.15, 0.2) is 6.10 Å². The fourth-order valence-electron chi connectivity index (χ4n) is 2.06. The summed E-state index contributed by atoms with van der Waals surface area (Å²) in [5.74, 6) is -2.65. The Labute approximate surface area is 118 Å². The van der Waals surface area contributed by atoms with E-state index in [4.69, 9.17) is 15.1 Å². The summed E-state index contributed by atoms with van der Waals surface area (Å²) in [5, 5.41) is 28.7. The highest BCUT2D eigenvalue weighted by Gasteiger charge is 2.29. The van der Waals surface area contributed by atoms with Gasteiger partial charge >= 0.3 is 5.97 Å². The number of ether oxygens (including phenoxy) is 1. The zero-order valence-corrected chi connectivity index (χ0v) is 10.7. The van der Waals surface area contributed by atoms with Gasteiger partial charge in [0.05, 0.1) is 24.1 Å². The Kier molecular flexibility index (Phi) is 4.00. The van der Waals surface area contributed by atoms with Gasteiger partial charge in [0.25, 0.3) is 5.69 Å². The molecule has 8 nitrogen and oxygen atoms in total. The van der Waals surface area contributed by atoms with Crippen LogP contribution in [0.1, 0.15) is 10.4 Å². The van der Waals surface area contributed by atoms with Gasteiger partial charge in [-0.3, -0.25) is 10.1 Å². The molecular formula is C12H10FN3O5. The smallest absolute Gasteiger partial charge is 0.338 e. The number of rotatable bonds is 3. The molecule has 0 radical (unpaired) electrons. The number of aromatic carboxylic acids is 1. The SMILES string of the molecule is N#CC1CN(c2cc(F)c(C(=O)O)cc2[N+](=O)[O-])CCO1. The standard InChI is InChI=1S/C12H10FN3O5/c13-9-4-10(15-1-2-21-7(5-14)6-15)11(16(19)20)3-8(9)12(17)18/h3-4,7H,1-2,6H2,(H,17,18). The molecule has 0 aliphatic carbocycles. The van der Waals surface area contributed by atoms with Crippen molar-refractivity contribution < 1.29 is 24.0 Å². The van der Waals surface area contributed by atoms with Crippen LogP contribution < -0.4 is 4.90 Å². The molecule has 21 heavy (non-hydrogen) atoms. The normalized spacial score (nSPS) is 18.1.